The van der Waals surface area contributed by atoms with E-state index >= 15 is 0 Å². The van der Waals surface area contributed by atoms with E-state index in [-0.39, 0.29) is 5.54 Å². The summed E-state index contributed by atoms with van der Waals surface area (Å²) in [6.45, 7) is 7.35. The molecule has 0 bridgehead atoms. The van der Waals surface area contributed by atoms with Gasteiger partial charge in [-0.3, -0.25) is 0 Å². The van der Waals surface area contributed by atoms with Gasteiger partial charge in [0.25, 0.3) is 0 Å². The standard InChI is InChI=1S/C17H27ClN2/c1-12(2)14-5-4-8-17(10-14,11-19)20-15-7-6-13(3)16(18)9-15/h6-7,9,12,14,20H,4-5,8,10-11,19H2,1-3H3. The largest absolute Gasteiger partial charge is 0.378 e. The Bertz CT molecular complexity index is 458. The number of nitrogens with one attached hydrogen (secondary N) is 1. The van der Waals surface area contributed by atoms with Gasteiger partial charge in [0.15, 0.2) is 0 Å². The molecule has 3 N–H and O–H groups in total. The van der Waals surface area contributed by atoms with E-state index in [1.165, 1.54) is 12.8 Å². The van der Waals surface area contributed by atoms with Gasteiger partial charge in [0.2, 0.25) is 0 Å². The maximum atomic E-state index is 6.23. The fourth-order valence-corrected chi connectivity index (χ4v) is 3.48. The molecule has 1 fully saturated rings. The minimum Gasteiger partial charge on any atom is -0.378 e. The Kier molecular flexibility index (Phi) is 4.98. The molecule has 3 heteroatoms. The van der Waals surface area contributed by atoms with E-state index < -0.39 is 0 Å². The van der Waals surface area contributed by atoms with E-state index in [9.17, 15) is 0 Å². The summed E-state index contributed by atoms with van der Waals surface area (Å²) in [5, 5.41) is 4.51. The lowest BCUT2D eigenvalue weighted by Crippen LogP contribution is -2.49. The third-order valence-electron chi connectivity index (χ3n) is 4.80. The average Bonchev–Trinajstić information content (AvgIpc) is 2.43. The van der Waals surface area contributed by atoms with Crippen molar-refractivity contribution < 1.29 is 0 Å². The van der Waals surface area contributed by atoms with E-state index in [2.05, 4.69) is 31.3 Å². The summed E-state index contributed by atoms with van der Waals surface area (Å²) < 4.78 is 0. The van der Waals surface area contributed by atoms with Crippen molar-refractivity contribution in [2.75, 3.05) is 11.9 Å². The summed E-state index contributed by atoms with van der Waals surface area (Å²) in [7, 11) is 0. The summed E-state index contributed by atoms with van der Waals surface area (Å²) in [6.07, 6.45) is 4.90. The van der Waals surface area contributed by atoms with Crippen LogP contribution >= 0.6 is 11.6 Å². The number of benzene rings is 1. The number of aryl methyl sites for hydroxylation is 1. The summed E-state index contributed by atoms with van der Waals surface area (Å²) in [5.74, 6) is 1.49. The highest BCUT2D eigenvalue weighted by molar-refractivity contribution is 6.31. The summed E-state index contributed by atoms with van der Waals surface area (Å²) in [5.41, 5.74) is 8.36. The number of hydrogen-bond acceptors (Lipinski definition) is 2. The molecule has 1 aliphatic rings. The summed E-state index contributed by atoms with van der Waals surface area (Å²) in [6, 6.07) is 6.20. The van der Waals surface area contributed by atoms with Gasteiger partial charge in [-0.15, -0.1) is 0 Å². The molecule has 0 heterocycles. The quantitative estimate of drug-likeness (QED) is 0.851. The molecule has 1 saturated carbocycles. The molecule has 2 atom stereocenters. The van der Waals surface area contributed by atoms with Crippen LogP contribution in [0.4, 0.5) is 5.69 Å². The van der Waals surface area contributed by atoms with Crippen molar-refractivity contribution in [3.63, 3.8) is 0 Å². The van der Waals surface area contributed by atoms with Crippen molar-refractivity contribution in [2.24, 2.45) is 17.6 Å². The van der Waals surface area contributed by atoms with E-state index in [0.717, 1.165) is 41.0 Å². The van der Waals surface area contributed by atoms with Gasteiger partial charge >= 0.3 is 0 Å². The van der Waals surface area contributed by atoms with Crippen LogP contribution in [-0.2, 0) is 0 Å². The molecule has 0 amide bonds. The van der Waals surface area contributed by atoms with Gasteiger partial charge in [-0.05, 0) is 49.3 Å². The number of anilines is 1. The second-order valence-electron chi connectivity index (χ2n) is 6.67. The Morgan fingerprint density at radius 1 is 1.45 bits per heavy atom. The highest BCUT2D eigenvalue weighted by atomic mass is 35.5. The molecule has 0 aliphatic heterocycles. The minimum absolute atomic E-state index is 0.0335. The van der Waals surface area contributed by atoms with Gasteiger partial charge in [0.1, 0.15) is 0 Å². The molecule has 0 aromatic heterocycles. The smallest absolute Gasteiger partial charge is 0.0498 e. The summed E-state index contributed by atoms with van der Waals surface area (Å²) in [4.78, 5) is 0. The molecule has 2 rings (SSSR count). The molecule has 0 spiro atoms. The Labute approximate surface area is 128 Å². The first-order chi connectivity index (χ1) is 9.46. The molecule has 2 unspecified atom stereocenters. The first-order valence-corrected chi connectivity index (χ1v) is 8.08. The lowest BCUT2D eigenvalue weighted by molar-refractivity contribution is 0.203. The minimum atomic E-state index is 0.0335. The number of halogens is 1. The van der Waals surface area contributed by atoms with Crippen molar-refractivity contribution in [3.05, 3.63) is 28.8 Å². The Balaban J connectivity index is 2.16. The van der Waals surface area contributed by atoms with Gasteiger partial charge < -0.3 is 11.1 Å². The van der Waals surface area contributed by atoms with Gasteiger partial charge in [0.05, 0.1) is 0 Å². The molecular weight excluding hydrogens is 268 g/mol. The number of nitrogens with two attached hydrogens (primary N) is 1. The van der Waals surface area contributed by atoms with Crippen LogP contribution in [0.1, 0.15) is 45.1 Å². The number of hydrogen-bond donors (Lipinski definition) is 2. The molecule has 1 aromatic carbocycles. The Morgan fingerprint density at radius 2 is 2.20 bits per heavy atom. The highest BCUT2D eigenvalue weighted by Crippen LogP contribution is 2.38. The van der Waals surface area contributed by atoms with Crippen LogP contribution in [-0.4, -0.2) is 12.1 Å². The van der Waals surface area contributed by atoms with E-state index in [1.807, 2.05) is 13.0 Å². The van der Waals surface area contributed by atoms with Gasteiger partial charge in [-0.2, -0.15) is 0 Å². The van der Waals surface area contributed by atoms with E-state index in [4.69, 9.17) is 17.3 Å². The SMILES string of the molecule is Cc1ccc(NC2(CN)CCCC(C(C)C)C2)cc1Cl. The molecular formula is C17H27ClN2. The first kappa shape index (κ1) is 15.7. The molecule has 112 valence electrons. The zero-order chi connectivity index (χ0) is 14.8. The van der Waals surface area contributed by atoms with Crippen LogP contribution in [0.5, 0.6) is 0 Å². The van der Waals surface area contributed by atoms with E-state index in [0.29, 0.717) is 6.54 Å². The maximum Gasteiger partial charge on any atom is 0.0498 e. The fourth-order valence-electron chi connectivity index (χ4n) is 3.30. The van der Waals surface area contributed by atoms with Crippen LogP contribution in [0.25, 0.3) is 0 Å². The molecule has 1 aliphatic carbocycles. The molecule has 2 nitrogen and oxygen atoms in total. The van der Waals surface area contributed by atoms with E-state index in [1.54, 1.807) is 0 Å². The monoisotopic (exact) mass is 294 g/mol. The lowest BCUT2D eigenvalue weighted by atomic mass is 9.71. The number of rotatable bonds is 4. The van der Waals surface area contributed by atoms with Crippen LogP contribution in [0, 0.1) is 18.8 Å². The van der Waals surface area contributed by atoms with Gasteiger partial charge in [-0.1, -0.05) is 44.4 Å². The van der Waals surface area contributed by atoms with Crippen molar-refractivity contribution in [1.82, 2.24) is 0 Å². The van der Waals surface area contributed by atoms with Gasteiger partial charge in [0, 0.05) is 22.8 Å². The normalized spacial score (nSPS) is 26.8. The summed E-state index contributed by atoms with van der Waals surface area (Å²) >= 11 is 6.23. The van der Waals surface area contributed by atoms with Crippen LogP contribution < -0.4 is 11.1 Å². The van der Waals surface area contributed by atoms with Gasteiger partial charge in [-0.25, -0.2) is 0 Å². The average molecular weight is 295 g/mol. The Hall–Kier alpha value is -0.730. The third kappa shape index (κ3) is 3.48. The first-order valence-electron chi connectivity index (χ1n) is 7.70. The van der Waals surface area contributed by atoms with Crippen molar-refractivity contribution >= 4 is 17.3 Å². The fraction of sp³-hybridized carbons (Fsp3) is 0.647. The van der Waals surface area contributed by atoms with Crippen LogP contribution in [0.15, 0.2) is 18.2 Å². The van der Waals surface area contributed by atoms with Crippen molar-refractivity contribution in [2.45, 2.75) is 52.0 Å². The Morgan fingerprint density at radius 3 is 2.80 bits per heavy atom. The van der Waals surface area contributed by atoms with Crippen molar-refractivity contribution in [1.29, 1.82) is 0 Å². The molecule has 20 heavy (non-hydrogen) atoms. The van der Waals surface area contributed by atoms with Crippen molar-refractivity contribution in [3.8, 4) is 0 Å². The maximum absolute atomic E-state index is 6.23. The lowest BCUT2D eigenvalue weighted by Gasteiger charge is -2.43. The van der Waals surface area contributed by atoms with Crippen LogP contribution in [0.2, 0.25) is 5.02 Å². The molecule has 0 radical (unpaired) electrons. The zero-order valence-corrected chi connectivity index (χ0v) is 13.6. The highest BCUT2D eigenvalue weighted by Gasteiger charge is 2.36. The molecule has 1 aromatic rings. The predicted octanol–water partition coefficient (Wildman–Crippen LogP) is 4.60. The van der Waals surface area contributed by atoms with Crippen LogP contribution in [0.3, 0.4) is 0 Å². The molecule has 0 saturated heterocycles. The topological polar surface area (TPSA) is 38.0 Å². The zero-order valence-electron chi connectivity index (χ0n) is 12.9. The second kappa shape index (κ2) is 6.36. The second-order valence-corrected chi connectivity index (χ2v) is 7.08. The third-order valence-corrected chi connectivity index (χ3v) is 5.21. The predicted molar refractivity (Wildman–Crippen MR) is 88.4 cm³/mol.